The van der Waals surface area contributed by atoms with Gasteiger partial charge < -0.3 is 15.8 Å². The Bertz CT molecular complexity index is 733. The number of carboxylic acids is 1. The molecular formula is C13H12FN3O3S. The summed E-state index contributed by atoms with van der Waals surface area (Å²) < 4.78 is 13.5. The number of aromatic amines is 1. The van der Waals surface area contributed by atoms with Crippen molar-refractivity contribution in [2.45, 2.75) is 17.1 Å². The van der Waals surface area contributed by atoms with Crippen LogP contribution in [0.15, 0.2) is 34.0 Å². The summed E-state index contributed by atoms with van der Waals surface area (Å²) in [5.74, 6) is -1.17. The zero-order valence-electron chi connectivity index (χ0n) is 10.8. The highest BCUT2D eigenvalue weighted by atomic mass is 32.2. The lowest BCUT2D eigenvalue weighted by atomic mass is 10.2. The molecule has 0 unspecified atom stereocenters. The Morgan fingerprint density at radius 3 is 2.76 bits per heavy atom. The van der Waals surface area contributed by atoms with Crippen LogP contribution in [0.25, 0.3) is 0 Å². The fourth-order valence-electron chi connectivity index (χ4n) is 1.66. The molecule has 0 radical (unpaired) electrons. The van der Waals surface area contributed by atoms with Crippen molar-refractivity contribution in [3.05, 3.63) is 51.8 Å². The normalized spacial score (nSPS) is 10.5. The third-order valence-corrected chi connectivity index (χ3v) is 3.69. The molecule has 1 aromatic heterocycles. The number of rotatable bonds is 5. The van der Waals surface area contributed by atoms with E-state index in [1.54, 1.807) is 18.2 Å². The summed E-state index contributed by atoms with van der Waals surface area (Å²) in [6.07, 6.45) is -0.491. The SMILES string of the molecule is Nc1nc(CSc2ccccc2F)[nH]c(=O)c1CC(=O)O. The van der Waals surface area contributed by atoms with Crippen LogP contribution in [0.1, 0.15) is 11.4 Å². The van der Waals surface area contributed by atoms with Crippen LogP contribution in [-0.2, 0) is 17.0 Å². The Morgan fingerprint density at radius 2 is 2.14 bits per heavy atom. The molecule has 0 aliphatic heterocycles. The molecule has 0 aliphatic rings. The minimum Gasteiger partial charge on any atom is -0.481 e. The summed E-state index contributed by atoms with van der Waals surface area (Å²) in [6, 6.07) is 6.23. The van der Waals surface area contributed by atoms with Crippen LogP contribution in [0.2, 0.25) is 0 Å². The molecule has 6 nitrogen and oxygen atoms in total. The number of H-pyrrole nitrogens is 1. The first kappa shape index (κ1) is 15.0. The lowest BCUT2D eigenvalue weighted by Gasteiger charge is -2.06. The van der Waals surface area contributed by atoms with Crippen molar-refractivity contribution in [2.24, 2.45) is 0 Å². The fourth-order valence-corrected chi connectivity index (χ4v) is 2.47. The van der Waals surface area contributed by atoms with Gasteiger partial charge in [-0.1, -0.05) is 12.1 Å². The minimum absolute atomic E-state index is 0.0814. The van der Waals surface area contributed by atoms with E-state index >= 15 is 0 Å². The van der Waals surface area contributed by atoms with E-state index in [2.05, 4.69) is 9.97 Å². The van der Waals surface area contributed by atoms with Gasteiger partial charge in [0.25, 0.3) is 5.56 Å². The van der Waals surface area contributed by atoms with Gasteiger partial charge in [-0.15, -0.1) is 11.8 Å². The number of carboxylic acid groups (broad SMARTS) is 1. The lowest BCUT2D eigenvalue weighted by Crippen LogP contribution is -2.22. The Hall–Kier alpha value is -2.35. The molecule has 0 aliphatic carbocycles. The van der Waals surface area contributed by atoms with E-state index < -0.39 is 17.9 Å². The van der Waals surface area contributed by atoms with Crippen molar-refractivity contribution in [2.75, 3.05) is 5.73 Å². The van der Waals surface area contributed by atoms with Gasteiger partial charge in [-0.3, -0.25) is 9.59 Å². The van der Waals surface area contributed by atoms with Gasteiger partial charge in [0.1, 0.15) is 17.5 Å². The molecule has 0 saturated carbocycles. The van der Waals surface area contributed by atoms with Gasteiger partial charge in [0, 0.05) is 4.90 Å². The van der Waals surface area contributed by atoms with E-state index in [0.717, 1.165) is 11.8 Å². The van der Waals surface area contributed by atoms with Crippen LogP contribution in [-0.4, -0.2) is 21.0 Å². The first-order valence-corrected chi connectivity index (χ1v) is 6.92. The number of anilines is 1. The molecule has 4 N–H and O–H groups in total. The van der Waals surface area contributed by atoms with Gasteiger partial charge in [0.05, 0.1) is 17.7 Å². The molecule has 0 fully saturated rings. The van der Waals surface area contributed by atoms with Crippen molar-refractivity contribution in [1.29, 1.82) is 0 Å². The number of benzene rings is 1. The van der Waals surface area contributed by atoms with Crippen LogP contribution >= 0.6 is 11.8 Å². The number of halogens is 1. The summed E-state index contributed by atoms with van der Waals surface area (Å²) in [5, 5.41) is 8.69. The second-order valence-corrected chi connectivity index (χ2v) is 5.18. The first-order chi connectivity index (χ1) is 9.97. The van der Waals surface area contributed by atoms with E-state index in [0.29, 0.717) is 4.90 Å². The summed E-state index contributed by atoms with van der Waals surface area (Å²) >= 11 is 1.16. The number of hydrogen-bond donors (Lipinski definition) is 3. The molecule has 2 rings (SSSR count). The van der Waals surface area contributed by atoms with E-state index in [-0.39, 0.29) is 28.8 Å². The predicted molar refractivity (Wildman–Crippen MR) is 76.6 cm³/mol. The molecule has 110 valence electrons. The van der Waals surface area contributed by atoms with Crippen LogP contribution in [0.4, 0.5) is 10.2 Å². The molecule has 1 aromatic carbocycles. The highest BCUT2D eigenvalue weighted by molar-refractivity contribution is 7.98. The maximum absolute atomic E-state index is 13.5. The maximum atomic E-state index is 13.5. The second kappa shape index (κ2) is 6.40. The number of aromatic nitrogens is 2. The van der Waals surface area contributed by atoms with Crippen LogP contribution in [0.3, 0.4) is 0 Å². The van der Waals surface area contributed by atoms with Crippen molar-refractivity contribution in [3.8, 4) is 0 Å². The third-order valence-electron chi connectivity index (χ3n) is 2.63. The van der Waals surface area contributed by atoms with Gasteiger partial charge in [-0.05, 0) is 12.1 Å². The van der Waals surface area contributed by atoms with Gasteiger partial charge in [0.2, 0.25) is 0 Å². The molecule has 0 bridgehead atoms. The molecular weight excluding hydrogens is 297 g/mol. The quantitative estimate of drug-likeness (QED) is 0.721. The molecule has 1 heterocycles. The summed E-state index contributed by atoms with van der Waals surface area (Å²) in [5.41, 5.74) is 4.92. The number of nitrogens with zero attached hydrogens (tertiary/aromatic N) is 1. The van der Waals surface area contributed by atoms with Crippen molar-refractivity contribution < 1.29 is 14.3 Å². The molecule has 0 spiro atoms. The van der Waals surface area contributed by atoms with Crippen LogP contribution in [0, 0.1) is 5.82 Å². The van der Waals surface area contributed by atoms with E-state index in [4.69, 9.17) is 10.8 Å². The Labute approximate surface area is 123 Å². The number of nitrogens with one attached hydrogen (secondary N) is 1. The highest BCUT2D eigenvalue weighted by Gasteiger charge is 2.13. The Morgan fingerprint density at radius 1 is 1.43 bits per heavy atom. The standard InChI is InChI=1S/C13H12FN3O3S/c14-8-3-1-2-4-9(8)21-6-10-16-12(15)7(5-11(18)19)13(20)17-10/h1-4H,5-6H2,(H,18,19)(H3,15,16,17,20). The average Bonchev–Trinajstić information content (AvgIpc) is 2.42. The van der Waals surface area contributed by atoms with Crippen molar-refractivity contribution in [3.63, 3.8) is 0 Å². The lowest BCUT2D eigenvalue weighted by molar-refractivity contribution is -0.136. The number of aliphatic carboxylic acids is 1. The van der Waals surface area contributed by atoms with Crippen molar-refractivity contribution in [1.82, 2.24) is 9.97 Å². The zero-order valence-corrected chi connectivity index (χ0v) is 11.6. The zero-order chi connectivity index (χ0) is 15.4. The molecule has 0 atom stereocenters. The van der Waals surface area contributed by atoms with Gasteiger partial charge in [0.15, 0.2) is 0 Å². The predicted octanol–water partition coefficient (Wildman–Crippen LogP) is 1.41. The highest BCUT2D eigenvalue weighted by Crippen LogP contribution is 2.24. The monoisotopic (exact) mass is 309 g/mol. The number of nitrogen functional groups attached to an aromatic ring is 1. The largest absolute Gasteiger partial charge is 0.481 e. The Balaban J connectivity index is 2.17. The molecule has 21 heavy (non-hydrogen) atoms. The first-order valence-electron chi connectivity index (χ1n) is 5.94. The second-order valence-electron chi connectivity index (χ2n) is 4.17. The maximum Gasteiger partial charge on any atom is 0.308 e. The van der Waals surface area contributed by atoms with Gasteiger partial charge in [-0.25, -0.2) is 9.37 Å². The van der Waals surface area contributed by atoms with Crippen molar-refractivity contribution >= 4 is 23.5 Å². The smallest absolute Gasteiger partial charge is 0.308 e. The van der Waals surface area contributed by atoms with Crippen LogP contribution in [0.5, 0.6) is 0 Å². The third kappa shape index (κ3) is 3.82. The molecule has 0 saturated heterocycles. The average molecular weight is 309 g/mol. The number of nitrogens with two attached hydrogens (primary N) is 1. The van der Waals surface area contributed by atoms with E-state index in [1.165, 1.54) is 6.07 Å². The van der Waals surface area contributed by atoms with Crippen LogP contribution < -0.4 is 11.3 Å². The topological polar surface area (TPSA) is 109 Å². The molecule has 2 aromatic rings. The molecule has 0 amide bonds. The summed E-state index contributed by atoms with van der Waals surface area (Å²) in [6.45, 7) is 0. The number of hydrogen-bond acceptors (Lipinski definition) is 5. The number of carbonyl (C=O) groups is 1. The molecule has 8 heteroatoms. The van der Waals surface area contributed by atoms with Gasteiger partial charge >= 0.3 is 5.97 Å². The summed E-state index contributed by atoms with van der Waals surface area (Å²) in [7, 11) is 0. The fraction of sp³-hybridized carbons (Fsp3) is 0.154. The minimum atomic E-state index is -1.16. The Kier molecular flexibility index (Phi) is 4.59. The summed E-state index contributed by atoms with van der Waals surface area (Å²) in [4.78, 5) is 29.2. The number of thioether (sulfide) groups is 1. The van der Waals surface area contributed by atoms with E-state index in [9.17, 15) is 14.0 Å². The van der Waals surface area contributed by atoms with Gasteiger partial charge in [-0.2, -0.15) is 0 Å². The van der Waals surface area contributed by atoms with E-state index in [1.807, 2.05) is 0 Å².